The van der Waals surface area contributed by atoms with E-state index in [2.05, 4.69) is 19.9 Å². The molecule has 2 aromatic heterocycles. The number of ketones is 1. The molecular formula is C40H46N8O11S. The third kappa shape index (κ3) is 10.4. The van der Waals surface area contributed by atoms with E-state index in [4.69, 9.17) is 9.47 Å². The van der Waals surface area contributed by atoms with Gasteiger partial charge in [0.1, 0.15) is 12.7 Å². The Morgan fingerprint density at radius 2 is 1.05 bits per heavy atom. The number of nitro groups is 2. The summed E-state index contributed by atoms with van der Waals surface area (Å²) in [4.78, 5) is 78.4. The Bertz CT molecular complexity index is 2310. The maximum Gasteiger partial charge on any atom is 0.337 e. The van der Waals surface area contributed by atoms with E-state index in [-0.39, 0.29) is 74.6 Å². The summed E-state index contributed by atoms with van der Waals surface area (Å²) in [7, 11) is -3.38. The molecule has 0 radical (unpaired) electrons. The van der Waals surface area contributed by atoms with Crippen LogP contribution in [0.1, 0.15) is 63.7 Å². The van der Waals surface area contributed by atoms with Crippen LogP contribution < -0.4 is 9.80 Å². The van der Waals surface area contributed by atoms with Crippen LogP contribution in [0.25, 0.3) is 22.5 Å². The summed E-state index contributed by atoms with van der Waals surface area (Å²) in [5.41, 5.74) is 1.36. The number of benzene rings is 2. The first kappa shape index (κ1) is 44.7. The van der Waals surface area contributed by atoms with Gasteiger partial charge < -0.3 is 19.3 Å². The largest absolute Gasteiger partial charge is 0.466 e. The van der Waals surface area contributed by atoms with Crippen molar-refractivity contribution in [2.24, 2.45) is 11.8 Å². The van der Waals surface area contributed by atoms with E-state index in [0.717, 1.165) is 0 Å². The zero-order chi connectivity index (χ0) is 43.6. The van der Waals surface area contributed by atoms with Gasteiger partial charge in [-0.15, -0.1) is 0 Å². The lowest BCUT2D eigenvalue weighted by Crippen LogP contribution is -2.37. The molecule has 2 aliphatic rings. The predicted molar refractivity (Wildman–Crippen MR) is 219 cm³/mol. The summed E-state index contributed by atoms with van der Waals surface area (Å²) in [6, 6.07) is 12.4. The Morgan fingerprint density at radius 3 is 1.38 bits per heavy atom. The molecule has 318 valence electrons. The number of sulfone groups is 1. The van der Waals surface area contributed by atoms with Gasteiger partial charge in [-0.2, -0.15) is 0 Å². The topological polar surface area (TPSA) is 248 Å². The highest BCUT2D eigenvalue weighted by Gasteiger charge is 2.34. The van der Waals surface area contributed by atoms with Crippen LogP contribution in [0.2, 0.25) is 0 Å². The summed E-state index contributed by atoms with van der Waals surface area (Å²) in [5, 5.41) is 23.8. The molecule has 0 bridgehead atoms. The fourth-order valence-corrected chi connectivity index (χ4v) is 7.87. The highest BCUT2D eigenvalue weighted by Crippen LogP contribution is 2.38. The van der Waals surface area contributed by atoms with Crippen LogP contribution in [0.15, 0.2) is 66.1 Å². The molecule has 19 nitrogen and oxygen atoms in total. The fraction of sp³-hybridized carbons (Fsp3) is 0.425. The SMILES string of the molecule is CCOC(=O)C1CCN(c2ncnc(-c3ccc(C(C)=O)cc3)c2[N+](=O)[O-])CC1.CCOC(=O)C1CCN(c2ncnc(-c3ccc(S(=O)(=O)CC)cc3)c2[N+](=O)[O-])CC1. The van der Waals surface area contributed by atoms with E-state index < -0.39 is 19.7 Å². The number of Topliss-reactive ketones (excluding diaryl/α,β-unsaturated/α-hetero) is 1. The first-order valence-electron chi connectivity index (χ1n) is 19.5. The molecule has 2 fully saturated rings. The minimum atomic E-state index is -3.38. The van der Waals surface area contributed by atoms with Crippen molar-refractivity contribution in [2.45, 2.75) is 58.3 Å². The van der Waals surface area contributed by atoms with Gasteiger partial charge in [-0.1, -0.05) is 43.3 Å². The number of piperidine rings is 2. The Hall–Kier alpha value is -6.44. The van der Waals surface area contributed by atoms with E-state index in [1.165, 1.54) is 43.8 Å². The van der Waals surface area contributed by atoms with Gasteiger partial charge in [-0.25, -0.2) is 28.4 Å². The fourth-order valence-electron chi connectivity index (χ4n) is 6.98. The van der Waals surface area contributed by atoms with E-state index in [1.807, 2.05) is 4.90 Å². The van der Waals surface area contributed by atoms with Crippen LogP contribution in [0, 0.1) is 32.1 Å². The second kappa shape index (κ2) is 20.0. The molecule has 60 heavy (non-hydrogen) atoms. The van der Waals surface area contributed by atoms with Crippen LogP contribution in [-0.4, -0.2) is 101 Å². The first-order valence-corrected chi connectivity index (χ1v) is 21.1. The van der Waals surface area contributed by atoms with E-state index >= 15 is 0 Å². The summed E-state index contributed by atoms with van der Waals surface area (Å²) >= 11 is 0. The molecule has 0 spiro atoms. The summed E-state index contributed by atoms with van der Waals surface area (Å²) in [5.74, 6) is -0.612. The summed E-state index contributed by atoms with van der Waals surface area (Å²) in [6.07, 6.45) is 4.67. The number of anilines is 2. The lowest BCUT2D eigenvalue weighted by atomic mass is 9.97. The first-order chi connectivity index (χ1) is 28.7. The zero-order valence-corrected chi connectivity index (χ0v) is 34.5. The van der Waals surface area contributed by atoms with Crippen LogP contribution >= 0.6 is 0 Å². The van der Waals surface area contributed by atoms with Gasteiger partial charge in [0.15, 0.2) is 27.0 Å². The van der Waals surface area contributed by atoms with E-state index in [0.29, 0.717) is 81.8 Å². The molecule has 0 aliphatic carbocycles. The Morgan fingerprint density at radius 1 is 0.667 bits per heavy atom. The van der Waals surface area contributed by atoms with Gasteiger partial charge in [0.05, 0.1) is 45.5 Å². The molecule has 4 aromatic rings. The average Bonchev–Trinajstić information content (AvgIpc) is 3.26. The zero-order valence-electron chi connectivity index (χ0n) is 33.7. The molecule has 0 amide bonds. The lowest BCUT2D eigenvalue weighted by Gasteiger charge is -2.31. The quantitative estimate of drug-likeness (QED) is 0.0681. The third-order valence-electron chi connectivity index (χ3n) is 10.2. The second-order valence-corrected chi connectivity index (χ2v) is 16.2. The van der Waals surface area contributed by atoms with Crippen LogP contribution in [0.4, 0.5) is 23.0 Å². The molecule has 0 atom stereocenters. The van der Waals surface area contributed by atoms with Gasteiger partial charge in [0.2, 0.25) is 11.6 Å². The molecule has 2 aromatic carbocycles. The van der Waals surface area contributed by atoms with Crippen molar-refractivity contribution in [1.29, 1.82) is 0 Å². The summed E-state index contributed by atoms with van der Waals surface area (Å²) < 4.78 is 34.2. The van der Waals surface area contributed by atoms with Gasteiger partial charge in [0.25, 0.3) is 0 Å². The third-order valence-corrected chi connectivity index (χ3v) is 12.0. The van der Waals surface area contributed by atoms with E-state index in [9.17, 15) is 43.0 Å². The Labute approximate surface area is 346 Å². The molecule has 6 rings (SSSR count). The van der Waals surface area contributed by atoms with Crippen molar-refractivity contribution >= 4 is 50.6 Å². The molecule has 2 saturated heterocycles. The maximum absolute atomic E-state index is 12.0. The Kier molecular flexibility index (Phi) is 14.9. The van der Waals surface area contributed by atoms with Crippen LogP contribution in [0.5, 0.6) is 0 Å². The minimum Gasteiger partial charge on any atom is -0.466 e. The van der Waals surface area contributed by atoms with Crippen molar-refractivity contribution < 1.29 is 42.1 Å². The number of nitrogens with zero attached hydrogens (tertiary/aromatic N) is 8. The second-order valence-electron chi connectivity index (χ2n) is 13.9. The molecule has 0 unspecified atom stereocenters. The summed E-state index contributed by atoms with van der Waals surface area (Å²) in [6.45, 7) is 8.96. The monoisotopic (exact) mass is 846 g/mol. The highest BCUT2D eigenvalue weighted by molar-refractivity contribution is 7.91. The van der Waals surface area contributed by atoms with Crippen molar-refractivity contribution in [3.63, 3.8) is 0 Å². The molecule has 0 N–H and O–H groups in total. The molecule has 0 saturated carbocycles. The number of rotatable bonds is 13. The standard InChI is InChI=1S/C20H24N4O6S.C20H22N4O5/c1-3-30-20(25)15-9-11-23(12-10-15)19-18(24(26)27)17(21-13-22-19)14-5-7-16(8-6-14)31(28,29)4-2;1-3-29-20(26)16-8-10-23(11-9-16)19-18(24(27)28)17(21-12-22-19)15-6-4-14(5-7-15)13(2)25/h5-8,13,15H,3-4,9-12H2,1-2H3;4-7,12,16H,3,8-11H2,1-2H3. The van der Waals surface area contributed by atoms with Crippen molar-refractivity contribution in [3.8, 4) is 22.5 Å². The van der Waals surface area contributed by atoms with Crippen molar-refractivity contribution in [1.82, 2.24) is 19.9 Å². The number of esters is 2. The Balaban J connectivity index is 0.000000228. The van der Waals surface area contributed by atoms with Crippen LogP contribution in [0.3, 0.4) is 0 Å². The number of hydrogen-bond donors (Lipinski definition) is 0. The molecule has 2 aliphatic heterocycles. The van der Waals surface area contributed by atoms with Crippen molar-refractivity contribution in [2.75, 3.05) is 54.9 Å². The van der Waals surface area contributed by atoms with Crippen molar-refractivity contribution in [3.05, 3.63) is 87.0 Å². The molecule has 4 heterocycles. The maximum atomic E-state index is 12.0. The lowest BCUT2D eigenvalue weighted by molar-refractivity contribution is -0.384. The van der Waals surface area contributed by atoms with Crippen LogP contribution in [-0.2, 0) is 28.9 Å². The average molecular weight is 847 g/mol. The predicted octanol–water partition coefficient (Wildman–Crippen LogP) is 5.66. The van der Waals surface area contributed by atoms with E-state index in [1.54, 1.807) is 49.9 Å². The number of hydrogen-bond acceptors (Lipinski definition) is 17. The van der Waals surface area contributed by atoms with Gasteiger partial charge in [0, 0.05) is 42.9 Å². The highest BCUT2D eigenvalue weighted by atomic mass is 32.2. The van der Waals surface area contributed by atoms with Gasteiger partial charge in [-0.3, -0.25) is 34.6 Å². The number of carbonyl (C=O) groups excluding carboxylic acids is 3. The normalized spacial score (nSPS) is 14.7. The number of ether oxygens (including phenoxy) is 2. The smallest absolute Gasteiger partial charge is 0.337 e. The molecule has 20 heteroatoms. The minimum absolute atomic E-state index is 0.0358. The molecular weight excluding hydrogens is 801 g/mol. The number of aromatic nitrogens is 4. The van der Waals surface area contributed by atoms with Gasteiger partial charge >= 0.3 is 23.3 Å². The number of carbonyl (C=O) groups is 3. The van der Waals surface area contributed by atoms with Gasteiger partial charge in [-0.05, 0) is 58.6 Å².